The number of aromatic nitrogens is 2. The van der Waals surface area contributed by atoms with Gasteiger partial charge in [-0.2, -0.15) is 0 Å². The molecule has 0 spiro atoms. The van der Waals surface area contributed by atoms with Crippen LogP contribution in [0.5, 0.6) is 0 Å². The SMILES string of the molecule is Cc1nccc(C(Cc2ccc(F)cc2F)NN)n1. The van der Waals surface area contributed by atoms with Crippen molar-refractivity contribution in [2.45, 2.75) is 19.4 Å². The summed E-state index contributed by atoms with van der Waals surface area (Å²) in [5.41, 5.74) is 3.63. The number of benzene rings is 1. The molecule has 1 unspecified atom stereocenters. The Bertz CT molecular complexity index is 574. The first-order valence-corrected chi connectivity index (χ1v) is 5.79. The van der Waals surface area contributed by atoms with Crippen LogP contribution in [0, 0.1) is 18.6 Å². The van der Waals surface area contributed by atoms with Crippen LogP contribution in [0.25, 0.3) is 0 Å². The number of hydrogen-bond donors (Lipinski definition) is 2. The van der Waals surface area contributed by atoms with Crippen molar-refractivity contribution in [2.75, 3.05) is 0 Å². The van der Waals surface area contributed by atoms with Gasteiger partial charge in [-0.05, 0) is 31.0 Å². The number of hydrazine groups is 1. The molecule has 0 amide bonds. The third-order valence-corrected chi connectivity index (χ3v) is 2.79. The monoisotopic (exact) mass is 264 g/mol. The van der Waals surface area contributed by atoms with E-state index < -0.39 is 11.6 Å². The Hall–Kier alpha value is -1.92. The Labute approximate surface area is 109 Å². The molecule has 0 aliphatic rings. The quantitative estimate of drug-likeness (QED) is 0.653. The lowest BCUT2D eigenvalue weighted by molar-refractivity contribution is 0.511. The van der Waals surface area contributed by atoms with Gasteiger partial charge in [-0.3, -0.25) is 11.3 Å². The fraction of sp³-hybridized carbons (Fsp3) is 0.231. The minimum absolute atomic E-state index is 0.277. The highest BCUT2D eigenvalue weighted by molar-refractivity contribution is 5.21. The molecule has 1 aromatic heterocycles. The second-order valence-electron chi connectivity index (χ2n) is 4.19. The molecule has 4 nitrogen and oxygen atoms in total. The highest BCUT2D eigenvalue weighted by atomic mass is 19.1. The lowest BCUT2D eigenvalue weighted by atomic mass is 10.0. The molecule has 2 rings (SSSR count). The van der Waals surface area contributed by atoms with Crippen molar-refractivity contribution in [1.29, 1.82) is 0 Å². The highest BCUT2D eigenvalue weighted by Gasteiger charge is 2.15. The first kappa shape index (κ1) is 13.5. The first-order chi connectivity index (χ1) is 9.10. The van der Waals surface area contributed by atoms with E-state index in [1.54, 1.807) is 19.2 Å². The van der Waals surface area contributed by atoms with Gasteiger partial charge in [0.25, 0.3) is 0 Å². The van der Waals surface area contributed by atoms with Gasteiger partial charge in [0.1, 0.15) is 17.5 Å². The fourth-order valence-corrected chi connectivity index (χ4v) is 1.82. The Kier molecular flexibility index (Phi) is 4.13. The van der Waals surface area contributed by atoms with Crippen LogP contribution in [0.15, 0.2) is 30.5 Å². The van der Waals surface area contributed by atoms with Crippen LogP contribution in [0.1, 0.15) is 23.1 Å². The Morgan fingerprint density at radius 1 is 1.32 bits per heavy atom. The lowest BCUT2D eigenvalue weighted by Gasteiger charge is -2.16. The van der Waals surface area contributed by atoms with E-state index >= 15 is 0 Å². The zero-order chi connectivity index (χ0) is 13.8. The van der Waals surface area contributed by atoms with Gasteiger partial charge in [-0.25, -0.2) is 18.7 Å². The van der Waals surface area contributed by atoms with Gasteiger partial charge in [0.2, 0.25) is 0 Å². The average Bonchev–Trinajstić information content (AvgIpc) is 2.38. The molecule has 0 fully saturated rings. The zero-order valence-corrected chi connectivity index (χ0v) is 10.4. The maximum Gasteiger partial charge on any atom is 0.129 e. The Balaban J connectivity index is 2.24. The number of halogens is 2. The molecule has 100 valence electrons. The topological polar surface area (TPSA) is 63.8 Å². The van der Waals surface area contributed by atoms with Crippen LogP contribution in [-0.4, -0.2) is 9.97 Å². The molecule has 0 aliphatic carbocycles. The second-order valence-corrected chi connectivity index (χ2v) is 4.19. The number of aryl methyl sites for hydroxylation is 1. The smallest absolute Gasteiger partial charge is 0.129 e. The van der Waals surface area contributed by atoms with Crippen LogP contribution >= 0.6 is 0 Å². The van der Waals surface area contributed by atoms with Crippen molar-refractivity contribution in [3.05, 3.63) is 59.2 Å². The molecule has 2 aromatic rings. The third kappa shape index (κ3) is 3.30. The van der Waals surface area contributed by atoms with Gasteiger partial charge in [0.05, 0.1) is 11.7 Å². The number of nitrogens with zero attached hydrogens (tertiary/aromatic N) is 2. The van der Waals surface area contributed by atoms with Gasteiger partial charge < -0.3 is 0 Å². The van der Waals surface area contributed by atoms with E-state index in [2.05, 4.69) is 15.4 Å². The molecule has 0 aliphatic heterocycles. The molecule has 1 heterocycles. The molecule has 0 saturated carbocycles. The molecule has 6 heteroatoms. The van der Waals surface area contributed by atoms with E-state index in [0.29, 0.717) is 17.1 Å². The maximum absolute atomic E-state index is 13.6. The number of rotatable bonds is 4. The largest absolute Gasteiger partial charge is 0.271 e. The molecule has 1 atom stereocenters. The van der Waals surface area contributed by atoms with Crippen molar-refractivity contribution in [1.82, 2.24) is 15.4 Å². The first-order valence-electron chi connectivity index (χ1n) is 5.79. The summed E-state index contributed by atoms with van der Waals surface area (Å²) < 4.78 is 26.4. The van der Waals surface area contributed by atoms with Gasteiger partial charge >= 0.3 is 0 Å². The molecular formula is C13H14F2N4. The molecule has 19 heavy (non-hydrogen) atoms. The summed E-state index contributed by atoms with van der Waals surface area (Å²) in [6.07, 6.45) is 1.89. The van der Waals surface area contributed by atoms with Crippen molar-refractivity contribution < 1.29 is 8.78 Å². The van der Waals surface area contributed by atoms with Crippen LogP contribution in [-0.2, 0) is 6.42 Å². The van der Waals surface area contributed by atoms with Crippen LogP contribution in [0.2, 0.25) is 0 Å². The lowest BCUT2D eigenvalue weighted by Crippen LogP contribution is -2.30. The number of hydrogen-bond acceptors (Lipinski definition) is 4. The van der Waals surface area contributed by atoms with Crippen molar-refractivity contribution >= 4 is 0 Å². The van der Waals surface area contributed by atoms with Gasteiger partial charge in [-0.1, -0.05) is 6.07 Å². The summed E-state index contributed by atoms with van der Waals surface area (Å²) in [4.78, 5) is 8.23. The maximum atomic E-state index is 13.6. The van der Waals surface area contributed by atoms with Gasteiger partial charge in [0, 0.05) is 12.3 Å². The van der Waals surface area contributed by atoms with E-state index in [-0.39, 0.29) is 12.5 Å². The van der Waals surface area contributed by atoms with Gasteiger partial charge in [0.15, 0.2) is 0 Å². The van der Waals surface area contributed by atoms with E-state index in [1.165, 1.54) is 12.1 Å². The molecule has 0 radical (unpaired) electrons. The average molecular weight is 264 g/mol. The summed E-state index contributed by atoms with van der Waals surface area (Å²) in [5, 5.41) is 0. The highest BCUT2D eigenvalue weighted by Crippen LogP contribution is 2.18. The van der Waals surface area contributed by atoms with E-state index in [4.69, 9.17) is 5.84 Å². The summed E-state index contributed by atoms with van der Waals surface area (Å²) in [7, 11) is 0. The van der Waals surface area contributed by atoms with Crippen molar-refractivity contribution in [2.24, 2.45) is 5.84 Å². The normalized spacial score (nSPS) is 12.4. The van der Waals surface area contributed by atoms with Crippen molar-refractivity contribution in [3.8, 4) is 0 Å². The number of nitrogens with two attached hydrogens (primary N) is 1. The Morgan fingerprint density at radius 3 is 2.74 bits per heavy atom. The molecule has 0 saturated heterocycles. The predicted molar refractivity (Wildman–Crippen MR) is 66.9 cm³/mol. The van der Waals surface area contributed by atoms with Gasteiger partial charge in [-0.15, -0.1) is 0 Å². The van der Waals surface area contributed by atoms with E-state index in [9.17, 15) is 8.78 Å². The summed E-state index contributed by atoms with van der Waals surface area (Å²) in [6.45, 7) is 1.76. The zero-order valence-electron chi connectivity index (χ0n) is 10.4. The third-order valence-electron chi connectivity index (χ3n) is 2.79. The molecule has 1 aromatic carbocycles. The summed E-state index contributed by atoms with van der Waals surface area (Å²) >= 11 is 0. The molecular weight excluding hydrogens is 250 g/mol. The fourth-order valence-electron chi connectivity index (χ4n) is 1.82. The standard InChI is InChI=1S/C13H14F2N4/c1-8-17-5-4-12(18-8)13(19-16)6-9-2-3-10(14)7-11(9)15/h2-5,7,13,19H,6,16H2,1H3. The van der Waals surface area contributed by atoms with Crippen LogP contribution in [0.3, 0.4) is 0 Å². The predicted octanol–water partition coefficient (Wildman–Crippen LogP) is 1.81. The van der Waals surface area contributed by atoms with Crippen LogP contribution in [0.4, 0.5) is 8.78 Å². The van der Waals surface area contributed by atoms with Crippen LogP contribution < -0.4 is 11.3 Å². The van der Waals surface area contributed by atoms with E-state index in [1.807, 2.05) is 0 Å². The summed E-state index contributed by atoms with van der Waals surface area (Å²) in [6, 6.07) is 4.83. The number of nitrogens with one attached hydrogen (secondary N) is 1. The minimum atomic E-state index is -0.601. The minimum Gasteiger partial charge on any atom is -0.271 e. The van der Waals surface area contributed by atoms with Crippen molar-refractivity contribution in [3.63, 3.8) is 0 Å². The second kappa shape index (κ2) is 5.81. The summed E-state index contributed by atoms with van der Waals surface area (Å²) in [5.74, 6) is 4.89. The molecule has 3 N–H and O–H groups in total. The molecule has 0 bridgehead atoms. The van der Waals surface area contributed by atoms with E-state index in [0.717, 1.165) is 6.07 Å². The Morgan fingerprint density at radius 2 is 2.11 bits per heavy atom.